The molecule has 138 valence electrons. The van der Waals surface area contributed by atoms with Gasteiger partial charge in [0.25, 0.3) is 0 Å². The smallest absolute Gasteiger partial charge is 0.390 e. The molecule has 0 unspecified atom stereocenters. The number of aryl methyl sites for hydroxylation is 1. The molecule has 0 fully saturated rings. The van der Waals surface area contributed by atoms with Crippen LogP contribution >= 0.6 is 0 Å². The molecular weight excluding hydrogens is 337 g/mol. The molecule has 3 nitrogen and oxygen atoms in total. The zero-order valence-electron chi connectivity index (χ0n) is 14.7. The van der Waals surface area contributed by atoms with E-state index in [0.29, 0.717) is 18.9 Å². The van der Waals surface area contributed by atoms with E-state index in [1.165, 1.54) is 12.1 Å². The summed E-state index contributed by atoms with van der Waals surface area (Å²) in [7, 11) is -3.20. The van der Waals surface area contributed by atoms with Gasteiger partial charge in [0.15, 0.2) is 0 Å². The molecule has 0 saturated carbocycles. The molecule has 1 rings (SSSR count). The Hall–Kier alpha value is -0.893. The van der Waals surface area contributed by atoms with Gasteiger partial charge >= 0.3 is 15.0 Å². The maximum absolute atomic E-state index is 12.5. The molecule has 0 aliphatic carbocycles. The van der Waals surface area contributed by atoms with Gasteiger partial charge in [-0.1, -0.05) is 12.1 Å². The van der Waals surface area contributed by atoms with E-state index in [1.807, 2.05) is 27.7 Å². The van der Waals surface area contributed by atoms with E-state index in [0.717, 1.165) is 24.1 Å². The van der Waals surface area contributed by atoms with Crippen molar-refractivity contribution in [3.05, 3.63) is 35.4 Å². The van der Waals surface area contributed by atoms with Gasteiger partial charge in [0, 0.05) is 18.3 Å². The fourth-order valence-corrected chi connectivity index (χ4v) is 4.88. The Morgan fingerprint density at radius 2 is 1.46 bits per heavy atom. The Kier molecular flexibility index (Phi) is 7.92. The molecule has 0 spiro atoms. The fraction of sp³-hybridized carbons (Fsp3) is 0.647. The lowest BCUT2D eigenvalue weighted by Crippen LogP contribution is -2.46. The minimum absolute atomic E-state index is 0.115. The Morgan fingerprint density at radius 3 is 1.88 bits per heavy atom. The lowest BCUT2D eigenvalue weighted by molar-refractivity contribution is -0.137. The van der Waals surface area contributed by atoms with Gasteiger partial charge in [-0.25, -0.2) is 0 Å². The molecule has 1 N–H and O–H groups in total. The molecule has 0 aliphatic rings. The summed E-state index contributed by atoms with van der Waals surface area (Å²) in [6.45, 7) is 7.40. The normalized spacial score (nSPS) is 13.1. The zero-order chi connectivity index (χ0) is 18.4. The molecule has 7 heteroatoms. The highest BCUT2D eigenvalue weighted by Crippen LogP contribution is 2.29. The van der Waals surface area contributed by atoms with Crippen LogP contribution in [0, 0.1) is 0 Å². The van der Waals surface area contributed by atoms with Crippen LogP contribution in [0.4, 0.5) is 13.2 Å². The number of hydrogen-bond acceptors (Lipinski definition) is 3. The van der Waals surface area contributed by atoms with Crippen molar-refractivity contribution in [2.45, 2.75) is 71.4 Å². The van der Waals surface area contributed by atoms with Crippen molar-refractivity contribution in [3.63, 3.8) is 0 Å². The summed E-state index contributed by atoms with van der Waals surface area (Å²) in [4.78, 5) is 10.5. The second-order valence-electron chi connectivity index (χ2n) is 6.45. The van der Waals surface area contributed by atoms with E-state index in [-0.39, 0.29) is 12.2 Å². The van der Waals surface area contributed by atoms with Gasteiger partial charge in [0.2, 0.25) is 0 Å². The monoisotopic (exact) mass is 364 g/mol. The Morgan fingerprint density at radius 1 is 0.958 bits per heavy atom. The standard InChI is InChI=1S/C17H27F3O3Si/c1-13(2)22-24(21,23-14(3)4)12-6-5-7-15-8-10-16(11-9-15)17(18,19)20/h8-11,13-14,21H,5-7,12H2,1-4H3. The highest BCUT2D eigenvalue weighted by atomic mass is 28.4. The average molecular weight is 364 g/mol. The molecule has 0 bridgehead atoms. The Bertz CT molecular complexity index is 477. The second kappa shape index (κ2) is 8.99. The Labute approximate surface area is 143 Å². The first-order valence-electron chi connectivity index (χ1n) is 8.26. The predicted molar refractivity (Wildman–Crippen MR) is 89.6 cm³/mol. The van der Waals surface area contributed by atoms with E-state index >= 15 is 0 Å². The summed E-state index contributed by atoms with van der Waals surface area (Å²) in [6.07, 6.45) is -2.42. The maximum Gasteiger partial charge on any atom is 0.498 e. The van der Waals surface area contributed by atoms with Crippen molar-refractivity contribution < 1.29 is 26.8 Å². The van der Waals surface area contributed by atoms with E-state index in [2.05, 4.69) is 0 Å². The number of alkyl halides is 3. The zero-order valence-corrected chi connectivity index (χ0v) is 15.7. The van der Waals surface area contributed by atoms with Gasteiger partial charge < -0.3 is 13.6 Å². The van der Waals surface area contributed by atoms with Crippen molar-refractivity contribution >= 4 is 8.80 Å². The third-order valence-corrected chi connectivity index (χ3v) is 5.99. The lowest BCUT2D eigenvalue weighted by atomic mass is 10.1. The topological polar surface area (TPSA) is 38.7 Å². The van der Waals surface area contributed by atoms with Gasteiger partial charge in [-0.3, -0.25) is 0 Å². The number of hydrogen-bond donors (Lipinski definition) is 1. The summed E-state index contributed by atoms with van der Waals surface area (Å²) < 4.78 is 48.7. The van der Waals surface area contributed by atoms with Crippen molar-refractivity contribution in [1.82, 2.24) is 0 Å². The minimum atomic E-state index is -4.30. The highest BCUT2D eigenvalue weighted by Gasteiger charge is 2.38. The van der Waals surface area contributed by atoms with Gasteiger partial charge in [-0.2, -0.15) is 13.2 Å². The van der Waals surface area contributed by atoms with Crippen molar-refractivity contribution in [2.75, 3.05) is 0 Å². The molecule has 0 saturated heterocycles. The SMILES string of the molecule is CC(C)O[Si](O)(CCCCc1ccc(C(F)(F)F)cc1)OC(C)C. The van der Waals surface area contributed by atoms with Gasteiger partial charge in [0.05, 0.1) is 5.56 Å². The van der Waals surface area contributed by atoms with Crippen LogP contribution in [0.2, 0.25) is 6.04 Å². The van der Waals surface area contributed by atoms with Crippen molar-refractivity contribution in [3.8, 4) is 0 Å². The molecule has 0 heterocycles. The first-order valence-corrected chi connectivity index (χ1v) is 10.2. The summed E-state index contributed by atoms with van der Waals surface area (Å²) in [6, 6.07) is 5.65. The fourth-order valence-electron chi connectivity index (χ4n) is 2.42. The van der Waals surface area contributed by atoms with Crippen LogP contribution in [0.25, 0.3) is 0 Å². The highest BCUT2D eigenvalue weighted by molar-refractivity contribution is 6.59. The summed E-state index contributed by atoms with van der Waals surface area (Å²) in [5.41, 5.74) is 0.214. The van der Waals surface area contributed by atoms with E-state index < -0.39 is 20.5 Å². The molecule has 1 aromatic carbocycles. The van der Waals surface area contributed by atoms with Crippen LogP contribution in [0.15, 0.2) is 24.3 Å². The van der Waals surface area contributed by atoms with E-state index in [1.54, 1.807) is 0 Å². The van der Waals surface area contributed by atoms with Crippen molar-refractivity contribution in [2.24, 2.45) is 0 Å². The minimum Gasteiger partial charge on any atom is -0.390 e. The van der Waals surface area contributed by atoms with E-state index in [4.69, 9.17) is 8.85 Å². The maximum atomic E-state index is 12.5. The number of benzene rings is 1. The quantitative estimate of drug-likeness (QED) is 0.505. The van der Waals surface area contributed by atoms with Crippen LogP contribution < -0.4 is 0 Å². The molecule has 1 aromatic rings. The largest absolute Gasteiger partial charge is 0.498 e. The van der Waals surface area contributed by atoms with Crippen LogP contribution in [-0.2, 0) is 21.4 Å². The third-order valence-electron chi connectivity index (χ3n) is 3.33. The first kappa shape index (κ1) is 21.2. The molecule has 24 heavy (non-hydrogen) atoms. The van der Waals surface area contributed by atoms with Crippen LogP contribution in [0.5, 0.6) is 0 Å². The number of rotatable bonds is 9. The van der Waals surface area contributed by atoms with Gasteiger partial charge in [-0.05, 0) is 64.7 Å². The number of unbranched alkanes of at least 4 members (excludes halogenated alkanes) is 1. The predicted octanol–water partition coefficient (Wildman–Crippen LogP) is 4.81. The molecular formula is C17H27F3O3Si. The summed E-state index contributed by atoms with van der Waals surface area (Å²) in [5, 5.41) is 0. The first-order chi connectivity index (χ1) is 11.0. The van der Waals surface area contributed by atoms with Gasteiger partial charge in [-0.15, -0.1) is 0 Å². The number of halogens is 3. The van der Waals surface area contributed by atoms with Gasteiger partial charge in [0.1, 0.15) is 0 Å². The second-order valence-corrected chi connectivity index (χ2v) is 8.84. The lowest BCUT2D eigenvalue weighted by Gasteiger charge is -2.28. The average Bonchev–Trinajstić information content (AvgIpc) is 2.41. The van der Waals surface area contributed by atoms with Crippen LogP contribution in [0.1, 0.15) is 51.7 Å². The van der Waals surface area contributed by atoms with Crippen molar-refractivity contribution in [1.29, 1.82) is 0 Å². The Balaban J connectivity index is 2.48. The molecule has 0 radical (unpaired) electrons. The van der Waals surface area contributed by atoms with Crippen LogP contribution in [-0.4, -0.2) is 25.8 Å². The molecule has 0 amide bonds. The van der Waals surface area contributed by atoms with E-state index in [9.17, 15) is 18.0 Å². The molecule has 0 aliphatic heterocycles. The molecule has 0 aromatic heterocycles. The third kappa shape index (κ3) is 7.79. The molecule has 0 atom stereocenters. The summed E-state index contributed by atoms with van der Waals surface area (Å²) >= 11 is 0. The van der Waals surface area contributed by atoms with Crippen LogP contribution in [0.3, 0.4) is 0 Å². The summed E-state index contributed by atoms with van der Waals surface area (Å²) in [5.74, 6) is 0.